The van der Waals surface area contributed by atoms with Gasteiger partial charge in [-0.2, -0.15) is 0 Å². The molecule has 3 heterocycles. The second kappa shape index (κ2) is 8.37. The van der Waals surface area contributed by atoms with E-state index in [4.69, 9.17) is 11.6 Å². The molecule has 6 nitrogen and oxygen atoms in total. The van der Waals surface area contributed by atoms with Crippen molar-refractivity contribution in [1.29, 1.82) is 0 Å². The van der Waals surface area contributed by atoms with E-state index in [0.29, 0.717) is 5.02 Å². The Balaban J connectivity index is 1.23. The molecule has 1 saturated heterocycles. The van der Waals surface area contributed by atoms with Crippen molar-refractivity contribution >= 4 is 39.2 Å². The van der Waals surface area contributed by atoms with Gasteiger partial charge in [-0.3, -0.25) is 13.7 Å². The summed E-state index contributed by atoms with van der Waals surface area (Å²) in [6.07, 6.45) is 5.67. The Morgan fingerprint density at radius 2 is 1.78 bits per heavy atom. The van der Waals surface area contributed by atoms with Crippen LogP contribution in [-0.4, -0.2) is 51.5 Å². The number of hydrogen-bond acceptors (Lipinski definition) is 6. The van der Waals surface area contributed by atoms with E-state index in [2.05, 4.69) is 19.8 Å². The van der Waals surface area contributed by atoms with Gasteiger partial charge in [-0.15, -0.1) is 0 Å². The number of piperazine rings is 1. The number of unbranched alkanes of at least 4 members (excludes halogenated alkanes) is 1. The zero-order valence-electron chi connectivity index (χ0n) is 15.1. The first kappa shape index (κ1) is 18.4. The fraction of sp³-hybridized carbons (Fsp3) is 0.421. The molecule has 0 aliphatic carbocycles. The molecule has 27 heavy (non-hydrogen) atoms. The predicted octanol–water partition coefficient (Wildman–Crippen LogP) is 3.11. The number of anilines is 1. The largest absolute Gasteiger partial charge is 0.338 e. The highest BCUT2D eigenvalue weighted by Crippen LogP contribution is 2.21. The van der Waals surface area contributed by atoms with Gasteiger partial charge in [0.05, 0.1) is 10.1 Å². The Labute approximate surface area is 167 Å². The Morgan fingerprint density at radius 3 is 2.56 bits per heavy atom. The molecule has 3 aromatic rings. The summed E-state index contributed by atoms with van der Waals surface area (Å²) in [7, 11) is 0. The fourth-order valence-electron chi connectivity index (χ4n) is 3.41. The van der Waals surface area contributed by atoms with Crippen LogP contribution < -0.4 is 10.5 Å². The van der Waals surface area contributed by atoms with Gasteiger partial charge in [0.25, 0.3) is 5.56 Å². The number of rotatable bonds is 6. The van der Waals surface area contributed by atoms with Gasteiger partial charge >= 0.3 is 0 Å². The minimum atomic E-state index is 0.0778. The van der Waals surface area contributed by atoms with Crippen LogP contribution in [0.25, 0.3) is 10.1 Å². The van der Waals surface area contributed by atoms with E-state index in [0.717, 1.165) is 68.1 Å². The SMILES string of the molecule is O=c1c2cc(Cl)ccc2sn1CCCCN1CCN(c2ncccn2)CC1. The first-order chi connectivity index (χ1) is 13.2. The number of aryl methyl sites for hydroxylation is 1. The molecule has 1 fully saturated rings. The van der Waals surface area contributed by atoms with E-state index in [1.165, 1.54) is 11.5 Å². The van der Waals surface area contributed by atoms with Gasteiger partial charge in [-0.1, -0.05) is 23.1 Å². The van der Waals surface area contributed by atoms with E-state index in [-0.39, 0.29) is 5.56 Å². The molecule has 0 atom stereocenters. The monoisotopic (exact) mass is 403 g/mol. The van der Waals surface area contributed by atoms with Crippen molar-refractivity contribution in [2.24, 2.45) is 0 Å². The van der Waals surface area contributed by atoms with Crippen LogP contribution in [0, 0.1) is 0 Å². The van der Waals surface area contributed by atoms with Crippen molar-refractivity contribution in [3.63, 3.8) is 0 Å². The van der Waals surface area contributed by atoms with Crippen molar-refractivity contribution in [1.82, 2.24) is 18.8 Å². The van der Waals surface area contributed by atoms with E-state index in [9.17, 15) is 4.79 Å². The van der Waals surface area contributed by atoms with Gasteiger partial charge in [-0.05, 0) is 43.7 Å². The van der Waals surface area contributed by atoms with Gasteiger partial charge in [0.1, 0.15) is 0 Å². The lowest BCUT2D eigenvalue weighted by Crippen LogP contribution is -2.47. The minimum Gasteiger partial charge on any atom is -0.338 e. The standard InChI is InChI=1S/C19H22ClN5OS/c20-15-4-5-17-16(14-15)18(26)25(27-17)9-2-1-8-23-10-12-24(13-11-23)19-21-6-3-7-22-19/h3-7,14H,1-2,8-13H2. The van der Waals surface area contributed by atoms with Crippen LogP contribution in [0.1, 0.15) is 12.8 Å². The van der Waals surface area contributed by atoms with Crippen molar-refractivity contribution in [3.8, 4) is 0 Å². The van der Waals surface area contributed by atoms with Crippen molar-refractivity contribution in [2.45, 2.75) is 19.4 Å². The zero-order chi connectivity index (χ0) is 18.6. The highest BCUT2D eigenvalue weighted by Gasteiger charge is 2.18. The molecule has 0 radical (unpaired) electrons. The lowest BCUT2D eigenvalue weighted by Gasteiger charge is -2.34. The average molecular weight is 404 g/mol. The summed E-state index contributed by atoms with van der Waals surface area (Å²) in [5.74, 6) is 0.821. The number of nitrogens with zero attached hydrogens (tertiary/aromatic N) is 5. The van der Waals surface area contributed by atoms with Crippen LogP contribution in [0.2, 0.25) is 5.02 Å². The Hall–Kier alpha value is -1.96. The molecule has 0 bridgehead atoms. The van der Waals surface area contributed by atoms with Crippen LogP contribution in [0.15, 0.2) is 41.5 Å². The smallest absolute Gasteiger partial charge is 0.268 e. The average Bonchev–Trinajstić information content (AvgIpc) is 3.02. The molecular formula is C19H22ClN5OS. The van der Waals surface area contributed by atoms with Gasteiger partial charge < -0.3 is 4.90 Å². The van der Waals surface area contributed by atoms with Crippen LogP contribution in [0.4, 0.5) is 5.95 Å². The minimum absolute atomic E-state index is 0.0778. The number of fused-ring (bicyclic) bond motifs is 1. The molecule has 1 aliphatic rings. The van der Waals surface area contributed by atoms with E-state index < -0.39 is 0 Å². The zero-order valence-corrected chi connectivity index (χ0v) is 16.6. The van der Waals surface area contributed by atoms with E-state index in [1.807, 2.05) is 22.2 Å². The molecule has 0 N–H and O–H groups in total. The van der Waals surface area contributed by atoms with Crippen LogP contribution in [-0.2, 0) is 6.54 Å². The Morgan fingerprint density at radius 1 is 1.04 bits per heavy atom. The Kier molecular flexibility index (Phi) is 5.71. The summed E-state index contributed by atoms with van der Waals surface area (Å²) >= 11 is 7.53. The third-order valence-electron chi connectivity index (χ3n) is 4.90. The molecule has 1 aliphatic heterocycles. The highest BCUT2D eigenvalue weighted by molar-refractivity contribution is 7.13. The number of benzene rings is 1. The summed E-state index contributed by atoms with van der Waals surface area (Å²) in [4.78, 5) is 25.8. The summed E-state index contributed by atoms with van der Waals surface area (Å²) in [6.45, 7) is 5.81. The molecule has 1 aromatic carbocycles. The maximum atomic E-state index is 12.4. The summed E-state index contributed by atoms with van der Waals surface area (Å²) < 4.78 is 2.86. The normalized spacial score (nSPS) is 15.5. The first-order valence-corrected chi connectivity index (χ1v) is 10.4. The molecule has 0 amide bonds. The summed E-state index contributed by atoms with van der Waals surface area (Å²) in [5, 5.41) is 1.34. The highest BCUT2D eigenvalue weighted by atomic mass is 35.5. The summed E-state index contributed by atoms with van der Waals surface area (Å²) in [6, 6.07) is 7.37. The van der Waals surface area contributed by atoms with Gasteiger partial charge in [0.2, 0.25) is 5.95 Å². The van der Waals surface area contributed by atoms with Crippen LogP contribution >= 0.6 is 23.1 Å². The fourth-order valence-corrected chi connectivity index (χ4v) is 4.59. The molecule has 8 heteroatoms. The van der Waals surface area contributed by atoms with Crippen molar-refractivity contribution in [2.75, 3.05) is 37.6 Å². The van der Waals surface area contributed by atoms with Gasteiger partial charge in [-0.25, -0.2) is 9.97 Å². The second-order valence-electron chi connectivity index (χ2n) is 6.72. The van der Waals surface area contributed by atoms with E-state index >= 15 is 0 Å². The second-order valence-corrected chi connectivity index (χ2v) is 8.22. The molecule has 0 saturated carbocycles. The van der Waals surface area contributed by atoms with Gasteiger partial charge in [0, 0.05) is 50.1 Å². The quantitative estimate of drug-likeness (QED) is 0.592. The molecule has 0 spiro atoms. The third-order valence-corrected chi connectivity index (χ3v) is 6.26. The lowest BCUT2D eigenvalue weighted by molar-refractivity contribution is 0.250. The molecule has 0 unspecified atom stereocenters. The summed E-state index contributed by atoms with van der Waals surface area (Å²) in [5.41, 5.74) is 0.0778. The number of halogens is 1. The van der Waals surface area contributed by atoms with Crippen LogP contribution in [0.5, 0.6) is 0 Å². The maximum Gasteiger partial charge on any atom is 0.268 e. The van der Waals surface area contributed by atoms with Crippen molar-refractivity contribution < 1.29 is 0 Å². The first-order valence-electron chi connectivity index (χ1n) is 9.24. The molecule has 2 aromatic heterocycles. The molecule has 4 rings (SSSR count). The Bertz CT molecular complexity index is 950. The van der Waals surface area contributed by atoms with Crippen LogP contribution in [0.3, 0.4) is 0 Å². The molecular weight excluding hydrogens is 382 g/mol. The van der Waals surface area contributed by atoms with Gasteiger partial charge in [0.15, 0.2) is 0 Å². The topological polar surface area (TPSA) is 54.3 Å². The predicted molar refractivity (Wildman–Crippen MR) is 111 cm³/mol. The third kappa shape index (κ3) is 4.31. The number of hydrogen-bond donors (Lipinski definition) is 0. The maximum absolute atomic E-state index is 12.4. The lowest BCUT2D eigenvalue weighted by atomic mass is 10.2. The van der Waals surface area contributed by atoms with Crippen molar-refractivity contribution in [3.05, 3.63) is 52.0 Å². The van der Waals surface area contributed by atoms with E-state index in [1.54, 1.807) is 18.5 Å². The molecule has 142 valence electrons. The number of aromatic nitrogens is 3.